The summed E-state index contributed by atoms with van der Waals surface area (Å²) in [5.74, 6) is 2.06. The molecule has 4 rings (SSSR count). The van der Waals surface area contributed by atoms with Gasteiger partial charge in [-0.3, -0.25) is 0 Å². The van der Waals surface area contributed by atoms with E-state index in [-0.39, 0.29) is 6.04 Å². The second kappa shape index (κ2) is 3.59. The molecule has 19 heavy (non-hydrogen) atoms. The first-order valence-electron chi connectivity index (χ1n) is 6.81. The van der Waals surface area contributed by atoms with Crippen LogP contribution in [0.3, 0.4) is 0 Å². The lowest BCUT2D eigenvalue weighted by Gasteiger charge is -2.04. The maximum atomic E-state index is 5.45. The SMILES string of the molecule is CC1(C)CC1c1noc([C@@H]2Cc3ccccc3N2)n1. The number of hydrogen-bond donors (Lipinski definition) is 1. The van der Waals surface area contributed by atoms with Crippen molar-refractivity contribution in [3.05, 3.63) is 41.5 Å². The molecule has 0 radical (unpaired) electrons. The van der Waals surface area contributed by atoms with Crippen molar-refractivity contribution >= 4 is 5.69 Å². The molecule has 0 spiro atoms. The zero-order valence-corrected chi connectivity index (χ0v) is 11.2. The number of nitrogens with zero attached hydrogens (tertiary/aromatic N) is 2. The van der Waals surface area contributed by atoms with Crippen molar-refractivity contribution in [2.24, 2.45) is 5.41 Å². The predicted octanol–water partition coefficient (Wildman–Crippen LogP) is 3.29. The number of fused-ring (bicyclic) bond motifs is 1. The van der Waals surface area contributed by atoms with Crippen LogP contribution in [-0.4, -0.2) is 10.1 Å². The third-order valence-electron chi connectivity index (χ3n) is 4.35. The highest BCUT2D eigenvalue weighted by Crippen LogP contribution is 2.57. The van der Waals surface area contributed by atoms with Gasteiger partial charge in [0.1, 0.15) is 6.04 Å². The van der Waals surface area contributed by atoms with Crippen LogP contribution in [0.15, 0.2) is 28.8 Å². The van der Waals surface area contributed by atoms with Gasteiger partial charge in [-0.1, -0.05) is 37.2 Å². The molecule has 1 aliphatic heterocycles. The average Bonchev–Trinajstić information content (AvgIpc) is 2.85. The van der Waals surface area contributed by atoms with Crippen LogP contribution in [0.5, 0.6) is 0 Å². The molecule has 1 saturated carbocycles. The molecule has 1 N–H and O–H groups in total. The second-order valence-corrected chi connectivity index (χ2v) is 6.29. The van der Waals surface area contributed by atoms with Gasteiger partial charge in [0, 0.05) is 18.0 Å². The molecule has 1 aromatic carbocycles. The molecule has 2 aliphatic rings. The third kappa shape index (κ3) is 1.74. The zero-order chi connectivity index (χ0) is 13.0. The molecule has 1 fully saturated rings. The fourth-order valence-electron chi connectivity index (χ4n) is 2.89. The van der Waals surface area contributed by atoms with Crippen LogP contribution in [0, 0.1) is 5.41 Å². The number of nitrogens with one attached hydrogen (secondary N) is 1. The lowest BCUT2D eigenvalue weighted by molar-refractivity contribution is 0.358. The molecule has 1 aliphatic carbocycles. The third-order valence-corrected chi connectivity index (χ3v) is 4.35. The summed E-state index contributed by atoms with van der Waals surface area (Å²) in [5.41, 5.74) is 2.84. The van der Waals surface area contributed by atoms with E-state index in [4.69, 9.17) is 4.52 Å². The number of para-hydroxylation sites is 1. The minimum absolute atomic E-state index is 0.125. The quantitative estimate of drug-likeness (QED) is 0.894. The van der Waals surface area contributed by atoms with Gasteiger partial charge in [-0.05, 0) is 23.5 Å². The van der Waals surface area contributed by atoms with Gasteiger partial charge >= 0.3 is 0 Å². The monoisotopic (exact) mass is 255 g/mol. The summed E-state index contributed by atoms with van der Waals surface area (Å²) in [6.45, 7) is 4.49. The summed E-state index contributed by atoms with van der Waals surface area (Å²) in [5, 5.41) is 7.60. The summed E-state index contributed by atoms with van der Waals surface area (Å²) >= 11 is 0. The summed E-state index contributed by atoms with van der Waals surface area (Å²) < 4.78 is 5.45. The van der Waals surface area contributed by atoms with Gasteiger partial charge in [0.2, 0.25) is 5.89 Å². The Bertz CT molecular complexity index is 607. The molecule has 98 valence electrons. The van der Waals surface area contributed by atoms with Crippen LogP contribution >= 0.6 is 0 Å². The first kappa shape index (κ1) is 11.0. The molecule has 2 heterocycles. The standard InChI is InChI=1S/C15H17N3O/c1-15(2)8-10(15)13-17-14(19-18-13)12-7-9-5-3-4-6-11(9)16-12/h3-6,10,12,16H,7-8H2,1-2H3/t10?,12-/m0/s1. The van der Waals surface area contributed by atoms with Crippen molar-refractivity contribution < 1.29 is 4.52 Å². The molecule has 4 heteroatoms. The minimum Gasteiger partial charge on any atom is -0.373 e. The Labute approximate surface area is 112 Å². The molecule has 4 nitrogen and oxygen atoms in total. The first-order valence-corrected chi connectivity index (χ1v) is 6.81. The predicted molar refractivity (Wildman–Crippen MR) is 71.9 cm³/mol. The largest absolute Gasteiger partial charge is 0.373 e. The van der Waals surface area contributed by atoms with Gasteiger partial charge in [0.25, 0.3) is 0 Å². The maximum Gasteiger partial charge on any atom is 0.249 e. The zero-order valence-electron chi connectivity index (χ0n) is 11.2. The van der Waals surface area contributed by atoms with Crippen LogP contribution in [0.2, 0.25) is 0 Å². The molecular formula is C15H17N3O. The number of anilines is 1. The van der Waals surface area contributed by atoms with E-state index < -0.39 is 0 Å². The highest BCUT2D eigenvalue weighted by atomic mass is 16.5. The van der Waals surface area contributed by atoms with Gasteiger partial charge in [0.05, 0.1) is 0 Å². The molecule has 1 unspecified atom stereocenters. The van der Waals surface area contributed by atoms with Crippen molar-refractivity contribution in [3.63, 3.8) is 0 Å². The fourth-order valence-corrected chi connectivity index (χ4v) is 2.89. The Morgan fingerprint density at radius 2 is 2.11 bits per heavy atom. The molecule has 2 aromatic rings. The van der Waals surface area contributed by atoms with Gasteiger partial charge in [-0.15, -0.1) is 0 Å². The van der Waals surface area contributed by atoms with Gasteiger partial charge in [-0.2, -0.15) is 4.98 Å². The van der Waals surface area contributed by atoms with Crippen LogP contribution in [0.1, 0.15) is 49.5 Å². The van der Waals surface area contributed by atoms with Gasteiger partial charge in [0.15, 0.2) is 5.82 Å². The molecule has 1 aromatic heterocycles. The Morgan fingerprint density at radius 3 is 2.84 bits per heavy atom. The summed E-state index contributed by atoms with van der Waals surface area (Å²) in [4.78, 5) is 4.59. The highest BCUT2D eigenvalue weighted by Gasteiger charge is 2.49. The Balaban J connectivity index is 1.56. The topological polar surface area (TPSA) is 51.0 Å². The van der Waals surface area contributed by atoms with E-state index in [0.29, 0.717) is 17.2 Å². The minimum atomic E-state index is 0.125. The van der Waals surface area contributed by atoms with Crippen LogP contribution in [0.4, 0.5) is 5.69 Å². The van der Waals surface area contributed by atoms with Crippen molar-refractivity contribution in [3.8, 4) is 0 Å². The second-order valence-electron chi connectivity index (χ2n) is 6.29. The summed E-state index contributed by atoms with van der Waals surface area (Å²) in [7, 11) is 0. The molecule has 0 amide bonds. The van der Waals surface area contributed by atoms with Crippen LogP contribution in [0.25, 0.3) is 0 Å². The molecule has 2 atom stereocenters. The van der Waals surface area contributed by atoms with Crippen molar-refractivity contribution in [2.45, 2.75) is 38.6 Å². The summed E-state index contributed by atoms with van der Waals surface area (Å²) in [6, 6.07) is 8.47. The lowest BCUT2D eigenvalue weighted by atomic mass is 10.1. The van der Waals surface area contributed by atoms with Gasteiger partial charge in [-0.25, -0.2) is 0 Å². The Kier molecular flexibility index (Phi) is 2.08. The van der Waals surface area contributed by atoms with E-state index >= 15 is 0 Å². The molecule has 0 saturated heterocycles. The van der Waals surface area contributed by atoms with Crippen molar-refractivity contribution in [1.29, 1.82) is 0 Å². The van der Waals surface area contributed by atoms with E-state index in [9.17, 15) is 0 Å². The summed E-state index contributed by atoms with van der Waals surface area (Å²) in [6.07, 6.45) is 2.08. The molecular weight excluding hydrogens is 238 g/mol. The number of aromatic nitrogens is 2. The Morgan fingerprint density at radius 1 is 1.32 bits per heavy atom. The van der Waals surface area contributed by atoms with Crippen molar-refractivity contribution in [1.82, 2.24) is 10.1 Å². The number of benzene rings is 1. The van der Waals surface area contributed by atoms with Gasteiger partial charge < -0.3 is 9.84 Å². The number of hydrogen-bond acceptors (Lipinski definition) is 4. The lowest BCUT2D eigenvalue weighted by Crippen LogP contribution is -2.06. The number of rotatable bonds is 2. The normalized spacial score (nSPS) is 26.8. The fraction of sp³-hybridized carbons (Fsp3) is 0.467. The van der Waals surface area contributed by atoms with E-state index in [1.807, 2.05) is 6.07 Å². The average molecular weight is 255 g/mol. The first-order chi connectivity index (χ1) is 9.13. The van der Waals surface area contributed by atoms with E-state index in [0.717, 1.165) is 18.7 Å². The van der Waals surface area contributed by atoms with Crippen LogP contribution in [-0.2, 0) is 6.42 Å². The van der Waals surface area contributed by atoms with Crippen molar-refractivity contribution in [2.75, 3.05) is 5.32 Å². The van der Waals surface area contributed by atoms with E-state index in [1.54, 1.807) is 0 Å². The Hall–Kier alpha value is -1.84. The maximum absolute atomic E-state index is 5.45. The van der Waals surface area contributed by atoms with E-state index in [1.165, 1.54) is 11.3 Å². The smallest absolute Gasteiger partial charge is 0.249 e. The van der Waals surface area contributed by atoms with Crippen LogP contribution < -0.4 is 5.32 Å². The molecule has 0 bridgehead atoms. The van der Waals surface area contributed by atoms with E-state index in [2.05, 4.69) is 47.5 Å². The highest BCUT2D eigenvalue weighted by molar-refractivity contribution is 5.56.